The van der Waals surface area contributed by atoms with Gasteiger partial charge in [0.2, 0.25) is 15.9 Å². The van der Waals surface area contributed by atoms with Crippen LogP contribution in [0.5, 0.6) is 5.75 Å². The van der Waals surface area contributed by atoms with E-state index in [4.69, 9.17) is 4.74 Å². The topological polar surface area (TPSA) is 75.7 Å². The Hall–Kier alpha value is -2.38. The molecule has 0 spiro atoms. The fraction of sp³-hybridized carbons (Fsp3) is 0.458. The Morgan fingerprint density at radius 3 is 2.52 bits per heavy atom. The van der Waals surface area contributed by atoms with E-state index in [1.807, 2.05) is 44.2 Å². The van der Waals surface area contributed by atoms with E-state index in [1.165, 1.54) is 17.0 Å². The molecule has 0 radical (unpaired) electrons. The van der Waals surface area contributed by atoms with Gasteiger partial charge < -0.3 is 10.1 Å². The summed E-state index contributed by atoms with van der Waals surface area (Å²) < 4.78 is 33.7. The van der Waals surface area contributed by atoms with E-state index < -0.39 is 15.9 Å². The molecule has 2 aromatic carbocycles. The summed E-state index contributed by atoms with van der Waals surface area (Å²) in [6.45, 7) is 6.68. The van der Waals surface area contributed by atoms with Crippen LogP contribution in [-0.4, -0.2) is 38.8 Å². The standard InChI is InChI=1S/C24H32N2O4S/c1-5-18-8-11-21(12-9-18)25-24(27)20-7-6-14-26(16-20)31(28,29)23-15-19(17(2)3)10-13-22(23)30-4/h8-13,15,17,20H,5-7,14,16H2,1-4H3,(H,25,27)/t20-/m0/s1. The molecule has 1 aliphatic rings. The van der Waals surface area contributed by atoms with Crippen molar-refractivity contribution in [1.82, 2.24) is 4.31 Å². The van der Waals surface area contributed by atoms with E-state index in [9.17, 15) is 13.2 Å². The average molecular weight is 445 g/mol. The zero-order valence-corrected chi connectivity index (χ0v) is 19.5. The van der Waals surface area contributed by atoms with Crippen LogP contribution in [0.2, 0.25) is 0 Å². The summed E-state index contributed by atoms with van der Waals surface area (Å²) in [6, 6.07) is 13.0. The highest BCUT2D eigenvalue weighted by Crippen LogP contribution is 2.32. The third kappa shape index (κ3) is 5.28. The van der Waals surface area contributed by atoms with Gasteiger partial charge in [-0.25, -0.2) is 8.42 Å². The second kappa shape index (κ2) is 9.83. The van der Waals surface area contributed by atoms with Crippen molar-refractivity contribution in [3.8, 4) is 5.75 Å². The van der Waals surface area contributed by atoms with Crippen LogP contribution in [-0.2, 0) is 21.2 Å². The number of sulfonamides is 1. The van der Waals surface area contributed by atoms with E-state index in [0.29, 0.717) is 25.1 Å². The fourth-order valence-electron chi connectivity index (χ4n) is 3.84. The van der Waals surface area contributed by atoms with Gasteiger partial charge in [0.05, 0.1) is 13.0 Å². The van der Waals surface area contributed by atoms with Gasteiger partial charge in [0.15, 0.2) is 0 Å². The van der Waals surface area contributed by atoms with Gasteiger partial charge in [0.1, 0.15) is 10.6 Å². The SMILES string of the molecule is CCc1ccc(NC(=O)[C@H]2CCCN(S(=O)(=O)c3cc(C(C)C)ccc3OC)C2)cc1. The molecule has 0 unspecified atom stereocenters. The molecule has 1 saturated heterocycles. The summed E-state index contributed by atoms with van der Waals surface area (Å²) in [5.41, 5.74) is 2.86. The van der Waals surface area contributed by atoms with Crippen LogP contribution in [0.1, 0.15) is 50.7 Å². The molecule has 1 aliphatic heterocycles. The minimum atomic E-state index is -3.78. The van der Waals surface area contributed by atoms with Crippen LogP contribution in [0.3, 0.4) is 0 Å². The fourth-order valence-corrected chi connectivity index (χ4v) is 5.55. The first kappa shape index (κ1) is 23.3. The molecule has 6 nitrogen and oxygen atoms in total. The second-order valence-electron chi connectivity index (χ2n) is 8.31. The van der Waals surface area contributed by atoms with Gasteiger partial charge in [-0.15, -0.1) is 0 Å². The number of ether oxygens (including phenoxy) is 1. The predicted molar refractivity (Wildman–Crippen MR) is 123 cm³/mol. The third-order valence-electron chi connectivity index (χ3n) is 5.86. The summed E-state index contributed by atoms with van der Waals surface area (Å²) in [6.07, 6.45) is 2.23. The molecule has 0 bridgehead atoms. The van der Waals surface area contributed by atoms with Crippen LogP contribution in [0, 0.1) is 5.92 Å². The predicted octanol–water partition coefficient (Wildman–Crippen LogP) is 4.42. The number of carbonyl (C=O) groups excluding carboxylic acids is 1. The monoisotopic (exact) mass is 444 g/mol. The van der Waals surface area contributed by atoms with Gasteiger partial charge in [0, 0.05) is 18.8 Å². The number of hydrogen-bond donors (Lipinski definition) is 1. The highest BCUT2D eigenvalue weighted by atomic mass is 32.2. The van der Waals surface area contributed by atoms with E-state index in [0.717, 1.165) is 17.7 Å². The highest BCUT2D eigenvalue weighted by molar-refractivity contribution is 7.89. The van der Waals surface area contributed by atoms with Crippen molar-refractivity contribution in [2.45, 2.75) is 50.8 Å². The van der Waals surface area contributed by atoms with Crippen LogP contribution in [0.4, 0.5) is 5.69 Å². The lowest BCUT2D eigenvalue weighted by Crippen LogP contribution is -2.43. The minimum absolute atomic E-state index is 0.146. The number of rotatable bonds is 7. The summed E-state index contributed by atoms with van der Waals surface area (Å²) in [5.74, 6) is -0.0217. The Balaban J connectivity index is 1.78. The van der Waals surface area contributed by atoms with Crippen molar-refractivity contribution in [1.29, 1.82) is 0 Å². The van der Waals surface area contributed by atoms with Gasteiger partial charge in [-0.3, -0.25) is 4.79 Å². The Labute approximate surface area is 185 Å². The lowest BCUT2D eigenvalue weighted by atomic mass is 9.98. The van der Waals surface area contributed by atoms with Gasteiger partial charge in [0.25, 0.3) is 0 Å². The Kier molecular flexibility index (Phi) is 7.38. The molecule has 0 saturated carbocycles. The number of amides is 1. The average Bonchev–Trinajstić information content (AvgIpc) is 2.79. The Bertz CT molecular complexity index is 1020. The molecule has 168 valence electrons. The van der Waals surface area contributed by atoms with Crippen molar-refractivity contribution >= 4 is 21.6 Å². The normalized spacial score (nSPS) is 17.5. The number of piperidine rings is 1. The molecule has 31 heavy (non-hydrogen) atoms. The maximum Gasteiger partial charge on any atom is 0.246 e. The maximum absolute atomic E-state index is 13.5. The summed E-state index contributed by atoms with van der Waals surface area (Å²) in [5, 5.41) is 2.94. The van der Waals surface area contributed by atoms with Gasteiger partial charge in [-0.2, -0.15) is 4.31 Å². The van der Waals surface area contributed by atoms with Crippen LogP contribution < -0.4 is 10.1 Å². The summed E-state index contributed by atoms with van der Waals surface area (Å²) >= 11 is 0. The molecule has 2 aromatic rings. The van der Waals surface area contributed by atoms with Gasteiger partial charge >= 0.3 is 0 Å². The number of nitrogens with zero attached hydrogens (tertiary/aromatic N) is 1. The van der Waals surface area contributed by atoms with Gasteiger partial charge in [-0.1, -0.05) is 39.0 Å². The van der Waals surface area contributed by atoms with Crippen molar-refractivity contribution in [3.63, 3.8) is 0 Å². The third-order valence-corrected chi connectivity index (χ3v) is 7.74. The first-order valence-electron chi connectivity index (χ1n) is 10.8. The van der Waals surface area contributed by atoms with Crippen molar-refractivity contribution in [3.05, 3.63) is 53.6 Å². The molecular weight excluding hydrogens is 412 g/mol. The zero-order valence-electron chi connectivity index (χ0n) is 18.7. The Morgan fingerprint density at radius 1 is 1.19 bits per heavy atom. The smallest absolute Gasteiger partial charge is 0.246 e. The number of methoxy groups -OCH3 is 1. The first-order chi connectivity index (χ1) is 14.8. The number of nitrogens with one attached hydrogen (secondary N) is 1. The zero-order chi connectivity index (χ0) is 22.6. The molecule has 1 fully saturated rings. The van der Waals surface area contributed by atoms with Crippen LogP contribution in [0.15, 0.2) is 47.4 Å². The number of anilines is 1. The van der Waals surface area contributed by atoms with Crippen LogP contribution >= 0.6 is 0 Å². The number of hydrogen-bond acceptors (Lipinski definition) is 4. The summed E-state index contributed by atoms with van der Waals surface area (Å²) in [7, 11) is -2.31. The largest absolute Gasteiger partial charge is 0.495 e. The van der Waals surface area contributed by atoms with Crippen molar-refractivity contribution in [2.24, 2.45) is 5.92 Å². The molecule has 1 N–H and O–H groups in total. The number of carbonyl (C=O) groups is 1. The molecule has 1 amide bonds. The lowest BCUT2D eigenvalue weighted by Gasteiger charge is -2.31. The quantitative estimate of drug-likeness (QED) is 0.686. The molecule has 7 heteroatoms. The first-order valence-corrected chi connectivity index (χ1v) is 12.3. The van der Waals surface area contributed by atoms with Crippen molar-refractivity contribution in [2.75, 3.05) is 25.5 Å². The Morgan fingerprint density at radius 2 is 1.90 bits per heavy atom. The van der Waals surface area contributed by atoms with E-state index in [-0.39, 0.29) is 23.3 Å². The number of benzene rings is 2. The van der Waals surface area contributed by atoms with Crippen molar-refractivity contribution < 1.29 is 17.9 Å². The lowest BCUT2D eigenvalue weighted by molar-refractivity contribution is -0.120. The molecule has 1 heterocycles. The van der Waals surface area contributed by atoms with Crippen LogP contribution in [0.25, 0.3) is 0 Å². The molecule has 0 aromatic heterocycles. The molecule has 1 atom stereocenters. The second-order valence-corrected chi connectivity index (χ2v) is 10.2. The maximum atomic E-state index is 13.5. The van der Waals surface area contributed by atoms with E-state index in [1.54, 1.807) is 12.1 Å². The summed E-state index contributed by atoms with van der Waals surface area (Å²) in [4.78, 5) is 13.0. The molecule has 0 aliphatic carbocycles. The number of aryl methyl sites for hydroxylation is 1. The van der Waals surface area contributed by atoms with E-state index >= 15 is 0 Å². The molecular formula is C24H32N2O4S. The highest BCUT2D eigenvalue weighted by Gasteiger charge is 2.35. The molecule has 3 rings (SSSR count). The minimum Gasteiger partial charge on any atom is -0.495 e. The van der Waals surface area contributed by atoms with E-state index in [2.05, 4.69) is 12.2 Å². The van der Waals surface area contributed by atoms with Gasteiger partial charge in [-0.05, 0) is 60.6 Å².